The van der Waals surface area contributed by atoms with Gasteiger partial charge in [0, 0.05) is 13.3 Å². The molecule has 0 aliphatic carbocycles. The van der Waals surface area contributed by atoms with Crippen molar-refractivity contribution >= 4 is 5.97 Å². The van der Waals surface area contributed by atoms with Gasteiger partial charge in [-0.25, -0.2) is 0 Å². The van der Waals surface area contributed by atoms with Crippen LogP contribution in [0.5, 0.6) is 5.75 Å². The van der Waals surface area contributed by atoms with E-state index in [9.17, 15) is 4.79 Å². The highest BCUT2D eigenvalue weighted by molar-refractivity contribution is 5.66. The number of rotatable bonds is 6. The van der Waals surface area contributed by atoms with Crippen LogP contribution in [0.25, 0.3) is 0 Å². The van der Waals surface area contributed by atoms with Crippen molar-refractivity contribution in [3.8, 4) is 18.1 Å². The largest absolute Gasteiger partial charge is 0.481 e. The van der Waals surface area contributed by atoms with Crippen molar-refractivity contribution in [1.82, 2.24) is 0 Å². The van der Waals surface area contributed by atoms with Gasteiger partial charge in [0.2, 0.25) is 0 Å². The van der Waals surface area contributed by atoms with Crippen LogP contribution in [0.4, 0.5) is 0 Å². The van der Waals surface area contributed by atoms with Crippen LogP contribution in [-0.2, 0) is 9.53 Å². The van der Waals surface area contributed by atoms with Crippen LogP contribution in [0.15, 0.2) is 36.9 Å². The Morgan fingerprint density at radius 3 is 2.67 bits per heavy atom. The molecule has 1 aromatic carbocycles. The van der Waals surface area contributed by atoms with Gasteiger partial charge in [-0.3, -0.25) is 4.79 Å². The van der Waals surface area contributed by atoms with E-state index in [4.69, 9.17) is 15.9 Å². The van der Waals surface area contributed by atoms with Gasteiger partial charge in [-0.1, -0.05) is 24.1 Å². The smallest absolute Gasteiger partial charge is 0.303 e. The predicted octanol–water partition coefficient (Wildman–Crippen LogP) is 2.88. The molecule has 0 spiro atoms. The Morgan fingerprint density at radius 2 is 2.17 bits per heavy atom. The van der Waals surface area contributed by atoms with Crippen LogP contribution in [-0.4, -0.2) is 12.6 Å². The van der Waals surface area contributed by atoms with Crippen molar-refractivity contribution in [2.24, 2.45) is 0 Å². The highest BCUT2D eigenvalue weighted by Crippen LogP contribution is 2.24. The van der Waals surface area contributed by atoms with E-state index in [1.54, 1.807) is 18.2 Å². The molecule has 0 N–H and O–H groups in total. The molecule has 0 saturated heterocycles. The molecule has 3 nitrogen and oxygen atoms in total. The molecular formula is C15H16O3. The highest BCUT2D eigenvalue weighted by atomic mass is 16.5. The first-order chi connectivity index (χ1) is 8.67. The van der Waals surface area contributed by atoms with Gasteiger partial charge in [0.25, 0.3) is 0 Å². The normalized spacial score (nSPS) is 11.1. The lowest BCUT2D eigenvalue weighted by atomic mass is 10.1. The molecule has 1 rings (SSSR count). The molecule has 0 aliphatic rings. The first kappa shape index (κ1) is 13.9. The summed E-state index contributed by atoms with van der Waals surface area (Å²) < 4.78 is 10.5. The summed E-state index contributed by atoms with van der Waals surface area (Å²) in [5.41, 5.74) is 0.901. The van der Waals surface area contributed by atoms with Crippen LogP contribution in [0.2, 0.25) is 0 Å². The van der Waals surface area contributed by atoms with E-state index in [-0.39, 0.29) is 18.7 Å². The quantitative estimate of drug-likeness (QED) is 0.438. The molecule has 0 bridgehead atoms. The fraction of sp³-hybridized carbons (Fsp3) is 0.267. The van der Waals surface area contributed by atoms with E-state index >= 15 is 0 Å². The zero-order chi connectivity index (χ0) is 13.4. The zero-order valence-corrected chi connectivity index (χ0v) is 10.4. The molecule has 0 aromatic heterocycles. The molecule has 0 saturated carbocycles. The van der Waals surface area contributed by atoms with Crippen LogP contribution >= 0.6 is 0 Å². The van der Waals surface area contributed by atoms with Crippen molar-refractivity contribution in [2.45, 2.75) is 19.4 Å². The molecule has 1 aromatic rings. The first-order valence-corrected chi connectivity index (χ1v) is 5.61. The summed E-state index contributed by atoms with van der Waals surface area (Å²) >= 11 is 0. The van der Waals surface area contributed by atoms with Crippen molar-refractivity contribution in [3.63, 3.8) is 0 Å². The van der Waals surface area contributed by atoms with E-state index in [0.29, 0.717) is 12.2 Å². The average molecular weight is 244 g/mol. The highest BCUT2D eigenvalue weighted by Gasteiger charge is 2.12. The predicted molar refractivity (Wildman–Crippen MR) is 70.1 cm³/mol. The minimum absolute atomic E-state index is 0.235. The van der Waals surface area contributed by atoms with Gasteiger partial charge < -0.3 is 9.47 Å². The second-order valence-corrected chi connectivity index (χ2v) is 3.68. The monoisotopic (exact) mass is 244 g/mol. The van der Waals surface area contributed by atoms with Crippen molar-refractivity contribution < 1.29 is 14.3 Å². The van der Waals surface area contributed by atoms with Gasteiger partial charge >= 0.3 is 5.97 Å². The number of esters is 1. The lowest BCUT2D eigenvalue weighted by molar-refractivity contribution is -0.146. The molecule has 0 fully saturated rings. The fourth-order valence-corrected chi connectivity index (χ4v) is 1.51. The molecule has 0 amide bonds. The number of hydrogen-bond acceptors (Lipinski definition) is 3. The SMILES string of the molecule is C#CCOc1ccc(C(CC=C)OC(C)=O)cc1. The second kappa shape index (κ2) is 7.18. The van der Waals surface area contributed by atoms with Crippen LogP contribution in [0.3, 0.4) is 0 Å². The second-order valence-electron chi connectivity index (χ2n) is 3.68. The van der Waals surface area contributed by atoms with Crippen LogP contribution < -0.4 is 4.74 Å². The van der Waals surface area contributed by atoms with Crippen LogP contribution in [0.1, 0.15) is 25.0 Å². The third-order valence-corrected chi connectivity index (χ3v) is 2.26. The molecule has 94 valence electrons. The fourth-order valence-electron chi connectivity index (χ4n) is 1.51. The van der Waals surface area contributed by atoms with E-state index in [2.05, 4.69) is 12.5 Å². The van der Waals surface area contributed by atoms with Gasteiger partial charge in [-0.2, -0.15) is 0 Å². The summed E-state index contributed by atoms with van der Waals surface area (Å²) in [5, 5.41) is 0. The third kappa shape index (κ3) is 4.34. The van der Waals surface area contributed by atoms with Crippen molar-refractivity contribution in [2.75, 3.05) is 6.61 Å². The molecule has 18 heavy (non-hydrogen) atoms. The third-order valence-electron chi connectivity index (χ3n) is 2.26. The van der Waals surface area contributed by atoms with Gasteiger partial charge in [-0.05, 0) is 17.7 Å². The Hall–Kier alpha value is -2.21. The summed E-state index contributed by atoms with van der Waals surface area (Å²) in [5.74, 6) is 2.78. The maximum atomic E-state index is 11.0. The Kier molecular flexibility index (Phi) is 5.53. The standard InChI is InChI=1S/C15H16O3/c1-4-6-15(18-12(3)16)13-7-9-14(10-8-13)17-11-5-2/h2,4,7-10,15H,1,6,11H2,3H3. The number of carbonyl (C=O) groups is 1. The van der Waals surface area contributed by atoms with Gasteiger partial charge in [0.05, 0.1) is 0 Å². The van der Waals surface area contributed by atoms with Gasteiger partial charge in [0.15, 0.2) is 0 Å². The topological polar surface area (TPSA) is 35.5 Å². The van der Waals surface area contributed by atoms with E-state index in [0.717, 1.165) is 5.56 Å². The average Bonchev–Trinajstić information content (AvgIpc) is 2.36. The maximum Gasteiger partial charge on any atom is 0.303 e. The number of benzene rings is 1. The van der Waals surface area contributed by atoms with Gasteiger partial charge in [-0.15, -0.1) is 13.0 Å². The van der Waals surface area contributed by atoms with E-state index < -0.39 is 0 Å². The molecule has 1 atom stereocenters. The Labute approximate surface area is 107 Å². The summed E-state index contributed by atoms with van der Waals surface area (Å²) in [6, 6.07) is 7.30. The summed E-state index contributed by atoms with van der Waals surface area (Å²) in [4.78, 5) is 11.0. The first-order valence-electron chi connectivity index (χ1n) is 5.61. The Morgan fingerprint density at radius 1 is 1.50 bits per heavy atom. The lowest BCUT2D eigenvalue weighted by Crippen LogP contribution is -2.07. The molecule has 0 heterocycles. The number of hydrogen-bond donors (Lipinski definition) is 0. The van der Waals surface area contributed by atoms with Crippen molar-refractivity contribution in [1.29, 1.82) is 0 Å². The molecule has 0 aliphatic heterocycles. The molecule has 0 radical (unpaired) electrons. The lowest BCUT2D eigenvalue weighted by Gasteiger charge is -2.16. The zero-order valence-electron chi connectivity index (χ0n) is 10.4. The minimum atomic E-state index is -0.311. The summed E-state index contributed by atoms with van der Waals surface area (Å²) in [6.45, 7) is 5.28. The number of terminal acetylenes is 1. The Bertz CT molecular complexity index is 440. The molecule has 3 heteroatoms. The Balaban J connectivity index is 2.76. The summed E-state index contributed by atoms with van der Waals surface area (Å²) in [7, 11) is 0. The number of ether oxygens (including phenoxy) is 2. The summed E-state index contributed by atoms with van der Waals surface area (Å²) in [6.07, 6.45) is 7.09. The van der Waals surface area contributed by atoms with Crippen molar-refractivity contribution in [3.05, 3.63) is 42.5 Å². The maximum absolute atomic E-state index is 11.0. The molecular weight excluding hydrogens is 228 g/mol. The van der Waals surface area contributed by atoms with Crippen LogP contribution in [0, 0.1) is 12.3 Å². The minimum Gasteiger partial charge on any atom is -0.481 e. The van der Waals surface area contributed by atoms with E-state index in [1.165, 1.54) is 6.92 Å². The molecule has 1 unspecified atom stereocenters. The number of carbonyl (C=O) groups excluding carboxylic acids is 1. The van der Waals surface area contributed by atoms with E-state index in [1.807, 2.05) is 12.1 Å². The van der Waals surface area contributed by atoms with Gasteiger partial charge in [0.1, 0.15) is 18.5 Å².